The van der Waals surface area contributed by atoms with Crippen LogP contribution in [0.5, 0.6) is 0 Å². The standard InChI is InChI=1S/C15H22F2N2/c1-9(2)11-5-12(15(17)13(16)6-11)14-4-10(7-18)8-19(14)3/h5-6,9-10,14H,4,7-8,18H2,1-3H3. The molecule has 2 nitrogen and oxygen atoms in total. The molecule has 0 spiro atoms. The Kier molecular flexibility index (Phi) is 4.21. The number of nitrogens with two attached hydrogens (primary N) is 1. The molecule has 0 saturated carbocycles. The van der Waals surface area contributed by atoms with Gasteiger partial charge in [0, 0.05) is 18.2 Å². The van der Waals surface area contributed by atoms with Crippen LogP contribution in [0, 0.1) is 17.6 Å². The molecule has 0 aliphatic carbocycles. The van der Waals surface area contributed by atoms with Crippen LogP contribution in [0.15, 0.2) is 12.1 Å². The van der Waals surface area contributed by atoms with Gasteiger partial charge in [0.25, 0.3) is 0 Å². The molecule has 1 fully saturated rings. The van der Waals surface area contributed by atoms with E-state index in [4.69, 9.17) is 5.73 Å². The van der Waals surface area contributed by atoms with Gasteiger partial charge in [-0.3, -0.25) is 4.90 Å². The zero-order valence-electron chi connectivity index (χ0n) is 11.8. The molecule has 2 atom stereocenters. The number of hydrogen-bond donors (Lipinski definition) is 1. The van der Waals surface area contributed by atoms with Crippen LogP contribution in [0.1, 0.15) is 43.4 Å². The SMILES string of the molecule is CC(C)c1cc(F)c(F)c(C2CC(CN)CN2C)c1. The molecule has 1 aromatic carbocycles. The first-order valence-electron chi connectivity index (χ1n) is 6.83. The van der Waals surface area contributed by atoms with Crippen molar-refractivity contribution in [2.24, 2.45) is 11.7 Å². The number of benzene rings is 1. The smallest absolute Gasteiger partial charge is 0.163 e. The Bertz CT molecular complexity index is 460. The van der Waals surface area contributed by atoms with Crippen LogP contribution in [0.2, 0.25) is 0 Å². The van der Waals surface area contributed by atoms with Crippen LogP contribution in [0.25, 0.3) is 0 Å². The van der Waals surface area contributed by atoms with Gasteiger partial charge in [0.1, 0.15) is 0 Å². The van der Waals surface area contributed by atoms with Crippen molar-refractivity contribution in [3.63, 3.8) is 0 Å². The van der Waals surface area contributed by atoms with Crippen LogP contribution in [0.3, 0.4) is 0 Å². The number of hydrogen-bond acceptors (Lipinski definition) is 2. The Morgan fingerprint density at radius 3 is 2.58 bits per heavy atom. The second-order valence-corrected chi connectivity index (χ2v) is 5.85. The van der Waals surface area contributed by atoms with E-state index in [2.05, 4.69) is 4.90 Å². The molecule has 1 heterocycles. The predicted molar refractivity (Wildman–Crippen MR) is 73.0 cm³/mol. The van der Waals surface area contributed by atoms with Crippen LogP contribution < -0.4 is 5.73 Å². The zero-order chi connectivity index (χ0) is 14.2. The predicted octanol–water partition coefficient (Wildman–Crippen LogP) is 3.04. The second-order valence-electron chi connectivity index (χ2n) is 5.85. The minimum Gasteiger partial charge on any atom is -0.330 e. The van der Waals surface area contributed by atoms with Crippen LogP contribution in [-0.4, -0.2) is 25.0 Å². The molecule has 106 valence electrons. The fourth-order valence-corrected chi connectivity index (χ4v) is 2.85. The molecule has 2 rings (SSSR count). The van der Waals surface area contributed by atoms with Crippen molar-refractivity contribution < 1.29 is 8.78 Å². The Morgan fingerprint density at radius 2 is 2.05 bits per heavy atom. The Hall–Kier alpha value is -1.00. The summed E-state index contributed by atoms with van der Waals surface area (Å²) >= 11 is 0. The summed E-state index contributed by atoms with van der Waals surface area (Å²) in [5.41, 5.74) is 7.01. The highest BCUT2D eigenvalue weighted by molar-refractivity contribution is 5.31. The van der Waals surface area contributed by atoms with Gasteiger partial charge in [0.15, 0.2) is 11.6 Å². The monoisotopic (exact) mass is 268 g/mol. The van der Waals surface area contributed by atoms with Crippen LogP contribution >= 0.6 is 0 Å². The summed E-state index contributed by atoms with van der Waals surface area (Å²) in [6.45, 7) is 5.40. The van der Waals surface area contributed by atoms with Gasteiger partial charge in [-0.15, -0.1) is 0 Å². The van der Waals surface area contributed by atoms with E-state index in [-0.39, 0.29) is 12.0 Å². The molecule has 0 amide bonds. The molecule has 1 aromatic rings. The molecule has 0 bridgehead atoms. The van der Waals surface area contributed by atoms with Crippen LogP contribution in [0.4, 0.5) is 8.78 Å². The lowest BCUT2D eigenvalue weighted by Crippen LogP contribution is -2.21. The first kappa shape index (κ1) is 14.4. The van der Waals surface area contributed by atoms with E-state index in [1.807, 2.05) is 27.0 Å². The lowest BCUT2D eigenvalue weighted by atomic mass is 9.94. The summed E-state index contributed by atoms with van der Waals surface area (Å²) in [6, 6.07) is 3.05. The Balaban J connectivity index is 2.39. The van der Waals surface area contributed by atoms with Gasteiger partial charge in [-0.05, 0) is 43.5 Å². The summed E-state index contributed by atoms with van der Waals surface area (Å²) in [7, 11) is 1.94. The minimum atomic E-state index is -0.745. The van der Waals surface area contributed by atoms with Gasteiger partial charge < -0.3 is 5.73 Å². The number of nitrogens with zero attached hydrogens (tertiary/aromatic N) is 1. The molecule has 1 aliphatic heterocycles. The van der Waals surface area contributed by atoms with E-state index in [1.165, 1.54) is 6.07 Å². The highest BCUT2D eigenvalue weighted by atomic mass is 19.2. The van der Waals surface area contributed by atoms with E-state index in [9.17, 15) is 8.78 Å². The summed E-state index contributed by atoms with van der Waals surface area (Å²) in [4.78, 5) is 2.07. The molecule has 19 heavy (non-hydrogen) atoms. The fraction of sp³-hybridized carbons (Fsp3) is 0.600. The zero-order valence-corrected chi connectivity index (χ0v) is 11.8. The molecular formula is C15H22F2N2. The average Bonchev–Trinajstić information content (AvgIpc) is 2.73. The quantitative estimate of drug-likeness (QED) is 0.913. The fourth-order valence-electron chi connectivity index (χ4n) is 2.85. The first-order valence-corrected chi connectivity index (χ1v) is 6.83. The topological polar surface area (TPSA) is 29.3 Å². The van der Waals surface area contributed by atoms with Crippen LogP contribution in [-0.2, 0) is 0 Å². The van der Waals surface area contributed by atoms with Gasteiger partial charge in [0.2, 0.25) is 0 Å². The van der Waals surface area contributed by atoms with Gasteiger partial charge in [-0.2, -0.15) is 0 Å². The highest BCUT2D eigenvalue weighted by Gasteiger charge is 2.32. The Labute approximate surface area is 113 Å². The third-order valence-electron chi connectivity index (χ3n) is 4.07. The van der Waals surface area contributed by atoms with E-state index >= 15 is 0 Å². The first-order chi connectivity index (χ1) is 8.93. The summed E-state index contributed by atoms with van der Waals surface area (Å²) in [5.74, 6) is -0.907. The molecule has 4 heteroatoms. The molecule has 1 aliphatic rings. The molecule has 2 unspecified atom stereocenters. The largest absolute Gasteiger partial charge is 0.330 e. The van der Waals surface area contributed by atoms with Crippen molar-refractivity contribution in [1.82, 2.24) is 4.90 Å². The van der Waals surface area contributed by atoms with Gasteiger partial charge in [-0.25, -0.2) is 8.78 Å². The summed E-state index contributed by atoms with van der Waals surface area (Å²) in [5, 5.41) is 0. The molecule has 2 N–H and O–H groups in total. The van der Waals surface area contributed by atoms with Crippen molar-refractivity contribution in [3.05, 3.63) is 34.9 Å². The Morgan fingerprint density at radius 1 is 1.37 bits per heavy atom. The van der Waals surface area contributed by atoms with Gasteiger partial charge >= 0.3 is 0 Å². The van der Waals surface area contributed by atoms with Crippen molar-refractivity contribution in [1.29, 1.82) is 0 Å². The maximum atomic E-state index is 14.1. The number of halogens is 2. The van der Waals surface area contributed by atoms with Crippen molar-refractivity contribution in [2.45, 2.75) is 32.2 Å². The minimum absolute atomic E-state index is 0.0678. The van der Waals surface area contributed by atoms with Crippen molar-refractivity contribution >= 4 is 0 Å². The van der Waals surface area contributed by atoms with E-state index in [0.29, 0.717) is 18.0 Å². The lowest BCUT2D eigenvalue weighted by Gasteiger charge is -2.21. The van der Waals surface area contributed by atoms with E-state index < -0.39 is 11.6 Å². The third kappa shape index (κ3) is 2.79. The van der Waals surface area contributed by atoms with E-state index in [0.717, 1.165) is 18.5 Å². The maximum absolute atomic E-state index is 14.1. The molecular weight excluding hydrogens is 246 g/mol. The summed E-state index contributed by atoms with van der Waals surface area (Å²) in [6.07, 6.45) is 0.797. The summed E-state index contributed by atoms with van der Waals surface area (Å²) < 4.78 is 27.8. The molecule has 0 aromatic heterocycles. The second kappa shape index (κ2) is 5.55. The lowest BCUT2D eigenvalue weighted by molar-refractivity contribution is 0.303. The van der Waals surface area contributed by atoms with Crippen molar-refractivity contribution in [2.75, 3.05) is 20.1 Å². The molecule has 1 saturated heterocycles. The molecule has 0 radical (unpaired) electrons. The van der Waals surface area contributed by atoms with Gasteiger partial charge in [0.05, 0.1) is 0 Å². The van der Waals surface area contributed by atoms with Crippen molar-refractivity contribution in [3.8, 4) is 0 Å². The third-order valence-corrected chi connectivity index (χ3v) is 4.07. The average molecular weight is 268 g/mol. The number of rotatable bonds is 3. The van der Waals surface area contributed by atoms with Gasteiger partial charge in [-0.1, -0.05) is 19.9 Å². The van der Waals surface area contributed by atoms with E-state index in [1.54, 1.807) is 0 Å². The normalized spacial score (nSPS) is 24.4. The highest BCUT2D eigenvalue weighted by Crippen LogP contribution is 2.36. The maximum Gasteiger partial charge on any atom is 0.163 e. The number of likely N-dealkylation sites (tertiary alicyclic amines) is 1.